The summed E-state index contributed by atoms with van der Waals surface area (Å²) in [4.78, 5) is 11.2. The Kier molecular flexibility index (Phi) is 5.16. The molecule has 2 atom stereocenters. The number of amides is 1. The van der Waals surface area contributed by atoms with Crippen LogP contribution >= 0.6 is 0 Å². The van der Waals surface area contributed by atoms with Crippen molar-refractivity contribution in [2.75, 3.05) is 5.32 Å². The van der Waals surface area contributed by atoms with E-state index in [0.717, 1.165) is 19.3 Å². The van der Waals surface area contributed by atoms with Crippen molar-refractivity contribution in [2.45, 2.75) is 57.9 Å². The third kappa shape index (κ3) is 5.04. The molecular weight excluding hydrogens is 312 g/mol. The number of hydrogen-bond donors (Lipinski definition) is 2. The second-order valence-corrected chi connectivity index (χ2v) is 9.15. The predicted molar refractivity (Wildman–Crippen MR) is 91.7 cm³/mol. The van der Waals surface area contributed by atoms with Crippen LogP contribution < -0.4 is 10.0 Å². The van der Waals surface area contributed by atoms with Gasteiger partial charge in [-0.25, -0.2) is 13.1 Å². The molecule has 1 aliphatic rings. The zero-order valence-electron chi connectivity index (χ0n) is 14.2. The van der Waals surface area contributed by atoms with E-state index in [-0.39, 0.29) is 22.3 Å². The summed E-state index contributed by atoms with van der Waals surface area (Å²) < 4.78 is 27.9. The molecule has 1 amide bonds. The minimum Gasteiger partial charge on any atom is -0.326 e. The molecule has 0 heterocycles. The van der Waals surface area contributed by atoms with Gasteiger partial charge in [0, 0.05) is 18.7 Å². The summed E-state index contributed by atoms with van der Waals surface area (Å²) in [6.45, 7) is 7.96. The largest absolute Gasteiger partial charge is 0.326 e. The summed E-state index contributed by atoms with van der Waals surface area (Å²) in [5.74, 6) is 0.325. The average Bonchev–Trinajstić information content (AvgIpc) is 2.35. The molecule has 2 N–H and O–H groups in total. The van der Waals surface area contributed by atoms with Crippen molar-refractivity contribution in [3.8, 4) is 0 Å². The van der Waals surface area contributed by atoms with Crippen molar-refractivity contribution in [3.63, 3.8) is 0 Å². The van der Waals surface area contributed by atoms with Crippen LogP contribution in [0.25, 0.3) is 0 Å². The van der Waals surface area contributed by atoms with Crippen LogP contribution in [0.2, 0.25) is 0 Å². The van der Waals surface area contributed by atoms with Crippen molar-refractivity contribution >= 4 is 21.6 Å². The quantitative estimate of drug-likeness (QED) is 0.885. The van der Waals surface area contributed by atoms with E-state index in [4.69, 9.17) is 0 Å². The molecular formula is C17H26N2O3S. The van der Waals surface area contributed by atoms with E-state index >= 15 is 0 Å². The van der Waals surface area contributed by atoms with Gasteiger partial charge in [0.2, 0.25) is 15.9 Å². The van der Waals surface area contributed by atoms with Gasteiger partial charge < -0.3 is 5.32 Å². The van der Waals surface area contributed by atoms with Gasteiger partial charge in [-0.3, -0.25) is 4.79 Å². The van der Waals surface area contributed by atoms with Gasteiger partial charge in [-0.05, 0) is 54.9 Å². The summed E-state index contributed by atoms with van der Waals surface area (Å²) >= 11 is 0. The SMILES string of the molecule is CC(=O)Nc1ccc(S(=O)(=O)NC2CC(C)CC(C)(C)C2)cc1. The molecule has 2 unspecified atom stereocenters. The summed E-state index contributed by atoms with van der Waals surface area (Å²) in [6, 6.07) is 6.21. The van der Waals surface area contributed by atoms with Gasteiger partial charge in [-0.1, -0.05) is 20.8 Å². The fraction of sp³-hybridized carbons (Fsp3) is 0.588. The van der Waals surface area contributed by atoms with Gasteiger partial charge in [-0.15, -0.1) is 0 Å². The van der Waals surface area contributed by atoms with Crippen LogP contribution in [0.4, 0.5) is 5.69 Å². The second-order valence-electron chi connectivity index (χ2n) is 7.44. The first-order valence-corrected chi connectivity index (χ1v) is 9.46. The van der Waals surface area contributed by atoms with E-state index in [0.29, 0.717) is 11.6 Å². The minimum atomic E-state index is -3.54. The van der Waals surface area contributed by atoms with Crippen molar-refractivity contribution in [1.82, 2.24) is 4.72 Å². The van der Waals surface area contributed by atoms with Gasteiger partial charge in [0.1, 0.15) is 0 Å². The highest BCUT2D eigenvalue weighted by Gasteiger charge is 2.34. The van der Waals surface area contributed by atoms with Gasteiger partial charge >= 0.3 is 0 Å². The van der Waals surface area contributed by atoms with Crippen LogP contribution in [-0.4, -0.2) is 20.4 Å². The van der Waals surface area contributed by atoms with E-state index in [9.17, 15) is 13.2 Å². The van der Waals surface area contributed by atoms with E-state index < -0.39 is 10.0 Å². The third-order valence-corrected chi connectivity index (χ3v) is 5.73. The minimum absolute atomic E-state index is 0.0335. The summed E-state index contributed by atoms with van der Waals surface area (Å²) in [5.41, 5.74) is 0.740. The predicted octanol–water partition coefficient (Wildman–Crippen LogP) is 3.14. The Morgan fingerprint density at radius 3 is 2.30 bits per heavy atom. The number of benzene rings is 1. The maximum atomic E-state index is 12.6. The van der Waals surface area contributed by atoms with E-state index in [1.807, 2.05) is 0 Å². The highest BCUT2D eigenvalue weighted by atomic mass is 32.2. The Labute approximate surface area is 138 Å². The molecule has 0 saturated heterocycles. The van der Waals surface area contributed by atoms with Crippen LogP contribution in [0, 0.1) is 11.3 Å². The van der Waals surface area contributed by atoms with E-state index in [2.05, 4.69) is 30.8 Å². The normalized spacial score (nSPS) is 24.2. The molecule has 2 rings (SSSR count). The van der Waals surface area contributed by atoms with Gasteiger partial charge in [0.15, 0.2) is 0 Å². The Morgan fingerprint density at radius 2 is 1.78 bits per heavy atom. The lowest BCUT2D eigenvalue weighted by Crippen LogP contribution is -2.42. The molecule has 0 aliphatic heterocycles. The van der Waals surface area contributed by atoms with Crippen LogP contribution in [0.3, 0.4) is 0 Å². The lowest BCUT2D eigenvalue weighted by atomic mass is 9.71. The molecule has 128 valence electrons. The van der Waals surface area contributed by atoms with Crippen LogP contribution in [0.5, 0.6) is 0 Å². The fourth-order valence-electron chi connectivity index (χ4n) is 3.64. The van der Waals surface area contributed by atoms with Crippen molar-refractivity contribution in [2.24, 2.45) is 11.3 Å². The summed E-state index contributed by atoms with van der Waals surface area (Å²) in [7, 11) is -3.54. The molecule has 1 aromatic carbocycles. The Hall–Kier alpha value is -1.40. The first-order chi connectivity index (χ1) is 10.6. The molecule has 1 aromatic rings. The number of nitrogens with one attached hydrogen (secondary N) is 2. The molecule has 0 aromatic heterocycles. The van der Waals surface area contributed by atoms with Crippen molar-refractivity contribution < 1.29 is 13.2 Å². The molecule has 1 fully saturated rings. The molecule has 23 heavy (non-hydrogen) atoms. The van der Waals surface area contributed by atoms with Crippen LogP contribution in [0.15, 0.2) is 29.2 Å². The standard InChI is InChI=1S/C17H26N2O3S/c1-12-9-15(11-17(3,4)10-12)19-23(21,22)16-7-5-14(6-8-16)18-13(2)20/h5-8,12,15,19H,9-11H2,1-4H3,(H,18,20). The van der Waals surface area contributed by atoms with E-state index in [1.165, 1.54) is 19.1 Å². The molecule has 6 heteroatoms. The number of carbonyl (C=O) groups excluding carboxylic acids is 1. The zero-order valence-corrected chi connectivity index (χ0v) is 15.0. The monoisotopic (exact) mass is 338 g/mol. The Bertz CT molecular complexity index is 666. The molecule has 0 spiro atoms. The number of sulfonamides is 1. The highest BCUT2D eigenvalue weighted by Crippen LogP contribution is 2.38. The van der Waals surface area contributed by atoms with Gasteiger partial charge in [0.25, 0.3) is 0 Å². The number of anilines is 1. The smallest absolute Gasteiger partial charge is 0.240 e. The topological polar surface area (TPSA) is 75.3 Å². The van der Waals surface area contributed by atoms with Crippen molar-refractivity contribution in [3.05, 3.63) is 24.3 Å². The first kappa shape index (κ1) is 17.9. The van der Waals surface area contributed by atoms with Gasteiger partial charge in [0.05, 0.1) is 4.90 Å². The van der Waals surface area contributed by atoms with Gasteiger partial charge in [-0.2, -0.15) is 0 Å². The number of carbonyl (C=O) groups is 1. The number of hydrogen-bond acceptors (Lipinski definition) is 3. The molecule has 0 radical (unpaired) electrons. The molecule has 1 aliphatic carbocycles. The van der Waals surface area contributed by atoms with Crippen molar-refractivity contribution in [1.29, 1.82) is 0 Å². The average molecular weight is 338 g/mol. The third-order valence-electron chi connectivity index (χ3n) is 4.19. The second kappa shape index (κ2) is 6.61. The fourth-order valence-corrected chi connectivity index (χ4v) is 4.89. The summed E-state index contributed by atoms with van der Waals surface area (Å²) in [6.07, 6.45) is 2.84. The molecule has 1 saturated carbocycles. The van der Waals surface area contributed by atoms with E-state index in [1.54, 1.807) is 12.1 Å². The van der Waals surface area contributed by atoms with Crippen LogP contribution in [0.1, 0.15) is 47.0 Å². The molecule has 5 nitrogen and oxygen atoms in total. The lowest BCUT2D eigenvalue weighted by Gasteiger charge is -2.39. The molecule has 0 bridgehead atoms. The highest BCUT2D eigenvalue weighted by molar-refractivity contribution is 7.89. The lowest BCUT2D eigenvalue weighted by molar-refractivity contribution is -0.114. The Morgan fingerprint density at radius 1 is 1.17 bits per heavy atom. The maximum Gasteiger partial charge on any atom is 0.240 e. The maximum absolute atomic E-state index is 12.6. The summed E-state index contributed by atoms with van der Waals surface area (Å²) in [5, 5.41) is 2.63. The zero-order chi connectivity index (χ0) is 17.3. The Balaban J connectivity index is 2.10. The first-order valence-electron chi connectivity index (χ1n) is 7.97. The van der Waals surface area contributed by atoms with Crippen LogP contribution in [-0.2, 0) is 14.8 Å². The number of rotatable bonds is 4.